The van der Waals surface area contributed by atoms with Crippen LogP contribution in [-0.4, -0.2) is 25.2 Å². The van der Waals surface area contributed by atoms with Gasteiger partial charge in [0.05, 0.1) is 18.8 Å². The van der Waals surface area contributed by atoms with Crippen molar-refractivity contribution >= 4 is 11.9 Å². The summed E-state index contributed by atoms with van der Waals surface area (Å²) in [6, 6.07) is 9.04. The molecule has 0 amide bonds. The molecule has 2 rings (SSSR count). The Labute approximate surface area is 131 Å². The van der Waals surface area contributed by atoms with Crippen LogP contribution >= 0.6 is 0 Å². The average Bonchev–Trinajstić information content (AvgIpc) is 2.59. The summed E-state index contributed by atoms with van der Waals surface area (Å²) in [6.45, 7) is 4.30. The molecule has 118 valence electrons. The van der Waals surface area contributed by atoms with E-state index in [1.807, 2.05) is 18.2 Å². The third kappa shape index (κ3) is 5.02. The molecule has 0 saturated heterocycles. The molecule has 1 saturated carbocycles. The maximum absolute atomic E-state index is 11.9. The molecule has 0 N–H and O–H groups in total. The van der Waals surface area contributed by atoms with E-state index in [-0.39, 0.29) is 11.9 Å². The number of carbonyl (C=O) groups excluding carboxylic acids is 2. The minimum absolute atomic E-state index is 0.261. The maximum atomic E-state index is 11.9. The fraction of sp³-hybridized carbons (Fsp3) is 0.444. The number of esters is 2. The Morgan fingerprint density at radius 1 is 1.00 bits per heavy atom. The third-order valence-electron chi connectivity index (χ3n) is 4.05. The van der Waals surface area contributed by atoms with Crippen LogP contribution in [0.15, 0.2) is 43.0 Å². The molecule has 0 radical (unpaired) electrons. The smallest absolute Gasteiger partial charge is 0.338 e. The molecule has 1 aromatic carbocycles. The predicted octanol–water partition coefficient (Wildman–Crippen LogP) is 3.38. The molecule has 1 aliphatic rings. The molecule has 4 nitrogen and oxygen atoms in total. The first-order chi connectivity index (χ1) is 10.7. The van der Waals surface area contributed by atoms with Gasteiger partial charge < -0.3 is 9.47 Å². The first-order valence-electron chi connectivity index (χ1n) is 7.70. The molecular weight excluding hydrogens is 280 g/mol. The number of hydrogen-bond acceptors (Lipinski definition) is 4. The predicted molar refractivity (Wildman–Crippen MR) is 83.3 cm³/mol. The van der Waals surface area contributed by atoms with Gasteiger partial charge in [-0.25, -0.2) is 9.59 Å². The van der Waals surface area contributed by atoms with E-state index in [0.717, 1.165) is 25.7 Å². The van der Waals surface area contributed by atoms with Crippen molar-refractivity contribution in [3.05, 3.63) is 48.6 Å². The molecule has 1 aromatic rings. The van der Waals surface area contributed by atoms with E-state index < -0.39 is 0 Å². The second-order valence-electron chi connectivity index (χ2n) is 5.69. The third-order valence-corrected chi connectivity index (χ3v) is 4.05. The Morgan fingerprint density at radius 2 is 1.55 bits per heavy atom. The first-order valence-corrected chi connectivity index (χ1v) is 7.70. The topological polar surface area (TPSA) is 52.6 Å². The standard InChI is InChI=1S/C18H22O4/c1-2-17(19)21-12-14-8-10-15(11-9-14)13-22-18(20)16-6-4-3-5-7-16/h2-7,14-15H,1,8-13H2. The molecule has 0 aromatic heterocycles. The van der Waals surface area contributed by atoms with E-state index in [4.69, 9.17) is 9.47 Å². The lowest BCUT2D eigenvalue weighted by molar-refractivity contribution is -0.139. The van der Waals surface area contributed by atoms with Crippen molar-refractivity contribution in [2.75, 3.05) is 13.2 Å². The van der Waals surface area contributed by atoms with Crippen LogP contribution in [0.5, 0.6) is 0 Å². The number of rotatable bonds is 6. The second kappa shape index (κ2) is 8.37. The van der Waals surface area contributed by atoms with Crippen molar-refractivity contribution in [2.45, 2.75) is 25.7 Å². The van der Waals surface area contributed by atoms with Crippen molar-refractivity contribution in [2.24, 2.45) is 11.8 Å². The lowest BCUT2D eigenvalue weighted by Crippen LogP contribution is -2.23. The highest BCUT2D eigenvalue weighted by Gasteiger charge is 2.23. The van der Waals surface area contributed by atoms with Crippen LogP contribution in [0.25, 0.3) is 0 Å². The van der Waals surface area contributed by atoms with E-state index in [1.54, 1.807) is 12.1 Å². The van der Waals surface area contributed by atoms with Gasteiger partial charge in [0.2, 0.25) is 0 Å². The number of carbonyl (C=O) groups is 2. The van der Waals surface area contributed by atoms with Gasteiger partial charge in [-0.15, -0.1) is 0 Å². The molecule has 0 atom stereocenters. The fourth-order valence-electron chi connectivity index (χ4n) is 2.67. The second-order valence-corrected chi connectivity index (χ2v) is 5.69. The summed E-state index contributed by atoms with van der Waals surface area (Å²) >= 11 is 0. The van der Waals surface area contributed by atoms with Crippen LogP contribution in [0, 0.1) is 11.8 Å². The van der Waals surface area contributed by atoms with Gasteiger partial charge >= 0.3 is 11.9 Å². The Hall–Kier alpha value is -2.10. The Balaban J connectivity index is 1.66. The summed E-state index contributed by atoms with van der Waals surface area (Å²) in [4.78, 5) is 22.9. The summed E-state index contributed by atoms with van der Waals surface area (Å²) in [7, 11) is 0. The molecule has 1 aliphatic carbocycles. The molecule has 22 heavy (non-hydrogen) atoms. The average molecular weight is 302 g/mol. The van der Waals surface area contributed by atoms with Gasteiger partial charge in [0.25, 0.3) is 0 Å². The van der Waals surface area contributed by atoms with Gasteiger partial charge in [0, 0.05) is 6.08 Å². The maximum Gasteiger partial charge on any atom is 0.338 e. The fourth-order valence-corrected chi connectivity index (χ4v) is 2.67. The van der Waals surface area contributed by atoms with E-state index >= 15 is 0 Å². The highest BCUT2D eigenvalue weighted by Crippen LogP contribution is 2.29. The zero-order valence-electron chi connectivity index (χ0n) is 12.7. The largest absolute Gasteiger partial charge is 0.462 e. The van der Waals surface area contributed by atoms with Crippen molar-refractivity contribution < 1.29 is 19.1 Å². The van der Waals surface area contributed by atoms with Gasteiger partial charge in [0.15, 0.2) is 0 Å². The number of benzene rings is 1. The van der Waals surface area contributed by atoms with E-state index in [1.165, 1.54) is 6.08 Å². The van der Waals surface area contributed by atoms with Crippen LogP contribution in [0.2, 0.25) is 0 Å². The van der Waals surface area contributed by atoms with Crippen LogP contribution in [0.1, 0.15) is 36.0 Å². The summed E-state index contributed by atoms with van der Waals surface area (Å²) in [5.74, 6) is 0.186. The number of hydrogen-bond donors (Lipinski definition) is 0. The minimum atomic E-state index is -0.362. The summed E-state index contributed by atoms with van der Waals surface area (Å²) in [5.41, 5.74) is 0.590. The SMILES string of the molecule is C=CC(=O)OCC1CCC(COC(=O)c2ccccc2)CC1. The van der Waals surface area contributed by atoms with Crippen molar-refractivity contribution in [1.82, 2.24) is 0 Å². The van der Waals surface area contributed by atoms with Gasteiger partial charge in [-0.05, 0) is 49.7 Å². The molecule has 0 aliphatic heterocycles. The first kappa shape index (κ1) is 16.3. The van der Waals surface area contributed by atoms with Gasteiger partial charge in [0.1, 0.15) is 0 Å². The summed E-state index contributed by atoms with van der Waals surface area (Å²) in [5, 5.41) is 0. The van der Waals surface area contributed by atoms with Crippen molar-refractivity contribution in [1.29, 1.82) is 0 Å². The molecule has 0 heterocycles. The minimum Gasteiger partial charge on any atom is -0.462 e. The lowest BCUT2D eigenvalue weighted by Gasteiger charge is -2.27. The monoisotopic (exact) mass is 302 g/mol. The van der Waals surface area contributed by atoms with Gasteiger partial charge in [-0.3, -0.25) is 0 Å². The zero-order valence-corrected chi connectivity index (χ0v) is 12.7. The van der Waals surface area contributed by atoms with Crippen LogP contribution in [0.3, 0.4) is 0 Å². The highest BCUT2D eigenvalue weighted by atomic mass is 16.5. The van der Waals surface area contributed by atoms with E-state index in [0.29, 0.717) is 30.6 Å². The quantitative estimate of drug-likeness (QED) is 0.597. The van der Waals surface area contributed by atoms with Crippen LogP contribution in [0.4, 0.5) is 0 Å². The van der Waals surface area contributed by atoms with Crippen molar-refractivity contribution in [3.8, 4) is 0 Å². The highest BCUT2D eigenvalue weighted by molar-refractivity contribution is 5.89. The molecule has 0 spiro atoms. The molecule has 1 fully saturated rings. The Morgan fingerprint density at radius 3 is 2.09 bits per heavy atom. The summed E-state index contributed by atoms with van der Waals surface area (Å²) < 4.78 is 10.5. The summed E-state index contributed by atoms with van der Waals surface area (Å²) in [6.07, 6.45) is 5.18. The molecule has 4 heteroatoms. The van der Waals surface area contributed by atoms with E-state index in [9.17, 15) is 9.59 Å². The Kier molecular flexibility index (Phi) is 6.19. The van der Waals surface area contributed by atoms with Gasteiger partial charge in [-0.1, -0.05) is 24.8 Å². The normalized spacial score (nSPS) is 20.9. The van der Waals surface area contributed by atoms with Gasteiger partial charge in [-0.2, -0.15) is 0 Å². The molecule has 0 bridgehead atoms. The molecular formula is C18H22O4. The lowest BCUT2D eigenvalue weighted by atomic mass is 9.83. The van der Waals surface area contributed by atoms with Crippen LogP contribution < -0.4 is 0 Å². The van der Waals surface area contributed by atoms with E-state index in [2.05, 4.69) is 6.58 Å². The Bertz CT molecular complexity index is 501. The zero-order chi connectivity index (χ0) is 15.8. The molecule has 0 unspecified atom stereocenters. The van der Waals surface area contributed by atoms with Crippen molar-refractivity contribution in [3.63, 3.8) is 0 Å². The van der Waals surface area contributed by atoms with Crippen LogP contribution in [-0.2, 0) is 14.3 Å². The number of ether oxygens (including phenoxy) is 2.